The summed E-state index contributed by atoms with van der Waals surface area (Å²) in [6.45, 7) is 1.77. The number of ether oxygens (including phenoxy) is 2. The molecule has 0 saturated carbocycles. The van der Waals surface area contributed by atoms with Crippen molar-refractivity contribution in [1.82, 2.24) is 4.98 Å². The summed E-state index contributed by atoms with van der Waals surface area (Å²) in [4.78, 5) is 15.6. The molecule has 1 heterocycles. The number of hydrogen-bond donors (Lipinski definition) is 1. The van der Waals surface area contributed by atoms with Crippen LogP contribution < -0.4 is 10.5 Å². The molecule has 0 atom stereocenters. The van der Waals surface area contributed by atoms with Crippen LogP contribution in [0.1, 0.15) is 17.3 Å². The minimum Gasteiger partial charge on any atom is -0.462 e. The van der Waals surface area contributed by atoms with E-state index in [9.17, 15) is 13.6 Å². The Hall–Kier alpha value is -2.70. The van der Waals surface area contributed by atoms with Crippen LogP contribution >= 0.6 is 0 Å². The molecule has 0 fully saturated rings. The number of rotatable bonds is 4. The molecule has 2 N–H and O–H groups in total. The second-order valence-corrected chi connectivity index (χ2v) is 4.00. The van der Waals surface area contributed by atoms with Crippen LogP contribution in [0.5, 0.6) is 11.6 Å². The van der Waals surface area contributed by atoms with Crippen molar-refractivity contribution in [3.63, 3.8) is 0 Å². The molecule has 0 spiro atoms. The van der Waals surface area contributed by atoms with Gasteiger partial charge in [0.1, 0.15) is 5.56 Å². The monoisotopic (exact) mass is 294 g/mol. The van der Waals surface area contributed by atoms with Crippen LogP contribution in [0.25, 0.3) is 0 Å². The zero-order valence-electron chi connectivity index (χ0n) is 11.1. The molecule has 0 amide bonds. The predicted molar refractivity (Wildman–Crippen MR) is 71.0 cm³/mol. The van der Waals surface area contributed by atoms with Crippen molar-refractivity contribution in [2.45, 2.75) is 6.92 Å². The smallest absolute Gasteiger partial charge is 0.343 e. The first kappa shape index (κ1) is 14.7. The van der Waals surface area contributed by atoms with Crippen molar-refractivity contribution in [3.05, 3.63) is 47.7 Å². The first-order valence-electron chi connectivity index (χ1n) is 6.07. The number of esters is 1. The highest BCUT2D eigenvalue weighted by Gasteiger charge is 2.18. The maximum atomic E-state index is 13.6. The molecule has 0 radical (unpaired) electrons. The van der Waals surface area contributed by atoms with E-state index in [-0.39, 0.29) is 23.7 Å². The molecule has 2 aromatic rings. The minimum atomic E-state index is -1.18. The number of aromatic nitrogens is 1. The van der Waals surface area contributed by atoms with E-state index in [1.165, 1.54) is 24.4 Å². The summed E-state index contributed by atoms with van der Waals surface area (Å²) in [6.07, 6.45) is 1.23. The van der Waals surface area contributed by atoms with Gasteiger partial charge in [-0.2, -0.15) is 4.39 Å². The second-order valence-electron chi connectivity index (χ2n) is 4.00. The lowest BCUT2D eigenvalue weighted by molar-refractivity contribution is 0.0522. The summed E-state index contributed by atoms with van der Waals surface area (Å²) >= 11 is 0. The van der Waals surface area contributed by atoms with Crippen LogP contribution in [0.3, 0.4) is 0 Å². The number of nitrogen functional groups attached to an aromatic ring is 1. The highest BCUT2D eigenvalue weighted by molar-refractivity contribution is 5.92. The van der Waals surface area contributed by atoms with E-state index in [1.807, 2.05) is 0 Å². The number of carbonyl (C=O) groups is 1. The summed E-state index contributed by atoms with van der Waals surface area (Å²) in [5.41, 5.74) is 5.69. The summed E-state index contributed by atoms with van der Waals surface area (Å²) < 4.78 is 36.7. The molecule has 0 saturated heterocycles. The summed E-state index contributed by atoms with van der Waals surface area (Å²) in [6, 6.07) is 4.73. The van der Waals surface area contributed by atoms with E-state index in [0.717, 1.165) is 6.07 Å². The minimum absolute atomic E-state index is 0.0690. The molecular weight excluding hydrogens is 282 g/mol. The van der Waals surface area contributed by atoms with Crippen molar-refractivity contribution in [2.75, 3.05) is 12.3 Å². The molecule has 7 heteroatoms. The van der Waals surface area contributed by atoms with Crippen LogP contribution in [0, 0.1) is 11.6 Å². The van der Waals surface area contributed by atoms with Gasteiger partial charge in [-0.1, -0.05) is 6.07 Å². The van der Waals surface area contributed by atoms with Crippen LogP contribution in [0.4, 0.5) is 14.5 Å². The van der Waals surface area contributed by atoms with Gasteiger partial charge in [-0.15, -0.1) is 0 Å². The van der Waals surface area contributed by atoms with Crippen LogP contribution in [0.15, 0.2) is 30.5 Å². The third kappa shape index (κ3) is 3.25. The molecule has 1 aromatic carbocycles. The Morgan fingerprint density at radius 1 is 1.38 bits per heavy atom. The van der Waals surface area contributed by atoms with E-state index in [0.29, 0.717) is 0 Å². The first-order valence-corrected chi connectivity index (χ1v) is 6.07. The van der Waals surface area contributed by atoms with Crippen LogP contribution in [-0.2, 0) is 4.74 Å². The molecule has 0 aliphatic rings. The van der Waals surface area contributed by atoms with Gasteiger partial charge in [0, 0.05) is 0 Å². The molecule has 1 aromatic heterocycles. The van der Waals surface area contributed by atoms with Gasteiger partial charge in [-0.05, 0) is 25.1 Å². The van der Waals surface area contributed by atoms with Crippen molar-refractivity contribution in [3.8, 4) is 11.6 Å². The maximum absolute atomic E-state index is 13.6. The largest absolute Gasteiger partial charge is 0.462 e. The maximum Gasteiger partial charge on any atom is 0.343 e. The van der Waals surface area contributed by atoms with E-state index in [4.69, 9.17) is 15.2 Å². The molecular formula is C14H12F2N2O3. The fourth-order valence-electron chi connectivity index (χ4n) is 1.57. The van der Waals surface area contributed by atoms with E-state index >= 15 is 0 Å². The third-order valence-corrected chi connectivity index (χ3v) is 2.49. The predicted octanol–water partition coefficient (Wildman–Crippen LogP) is 2.91. The van der Waals surface area contributed by atoms with E-state index in [2.05, 4.69) is 4.98 Å². The number of benzene rings is 1. The molecule has 0 bridgehead atoms. The number of hydrogen-bond acceptors (Lipinski definition) is 5. The highest BCUT2D eigenvalue weighted by Crippen LogP contribution is 2.28. The summed E-state index contributed by atoms with van der Waals surface area (Å²) in [5.74, 6) is -3.57. The SMILES string of the molecule is CCOC(=O)c1cc(N)cnc1Oc1cccc(F)c1F. The van der Waals surface area contributed by atoms with Crippen molar-refractivity contribution < 1.29 is 23.0 Å². The zero-order valence-corrected chi connectivity index (χ0v) is 11.1. The van der Waals surface area contributed by atoms with Crippen LogP contribution in [-0.4, -0.2) is 17.6 Å². The number of halogens is 2. The summed E-state index contributed by atoms with van der Waals surface area (Å²) in [5, 5.41) is 0. The van der Waals surface area contributed by atoms with Crippen LogP contribution in [0.2, 0.25) is 0 Å². The first-order chi connectivity index (χ1) is 10.0. The molecule has 5 nitrogen and oxygen atoms in total. The Morgan fingerprint density at radius 2 is 2.14 bits per heavy atom. The Bertz CT molecular complexity index is 677. The number of carbonyl (C=O) groups excluding carboxylic acids is 1. The lowest BCUT2D eigenvalue weighted by Crippen LogP contribution is -2.09. The van der Waals surface area contributed by atoms with Gasteiger partial charge in [0.25, 0.3) is 0 Å². The molecule has 21 heavy (non-hydrogen) atoms. The Morgan fingerprint density at radius 3 is 2.86 bits per heavy atom. The average molecular weight is 294 g/mol. The van der Waals surface area contributed by atoms with Crippen molar-refractivity contribution in [1.29, 1.82) is 0 Å². The lowest BCUT2D eigenvalue weighted by Gasteiger charge is -2.10. The molecule has 0 aliphatic heterocycles. The van der Waals surface area contributed by atoms with Gasteiger partial charge >= 0.3 is 5.97 Å². The highest BCUT2D eigenvalue weighted by atomic mass is 19.2. The molecule has 110 valence electrons. The lowest BCUT2D eigenvalue weighted by atomic mass is 10.2. The quantitative estimate of drug-likeness (QED) is 0.878. The van der Waals surface area contributed by atoms with E-state index < -0.39 is 23.4 Å². The normalized spacial score (nSPS) is 10.2. The molecule has 0 unspecified atom stereocenters. The number of nitrogens with zero attached hydrogens (tertiary/aromatic N) is 1. The summed E-state index contributed by atoms with van der Waals surface area (Å²) in [7, 11) is 0. The van der Waals surface area contributed by atoms with E-state index in [1.54, 1.807) is 6.92 Å². The van der Waals surface area contributed by atoms with Gasteiger partial charge in [0.05, 0.1) is 18.5 Å². The van der Waals surface area contributed by atoms with Gasteiger partial charge in [0.2, 0.25) is 11.7 Å². The van der Waals surface area contributed by atoms with Gasteiger partial charge in [0.15, 0.2) is 11.6 Å². The Labute approximate surface area is 119 Å². The van der Waals surface area contributed by atoms with Crippen molar-refractivity contribution in [2.24, 2.45) is 0 Å². The average Bonchev–Trinajstić information content (AvgIpc) is 2.46. The Balaban J connectivity index is 2.40. The van der Waals surface area contributed by atoms with Crippen molar-refractivity contribution >= 4 is 11.7 Å². The number of nitrogens with two attached hydrogens (primary N) is 1. The molecule has 0 aliphatic carbocycles. The standard InChI is InChI=1S/C14H12F2N2O3/c1-2-20-14(19)9-6-8(17)7-18-13(9)21-11-5-3-4-10(15)12(11)16/h3-7H,2,17H2,1H3. The van der Waals surface area contributed by atoms with Gasteiger partial charge in [-0.3, -0.25) is 0 Å². The van der Waals surface area contributed by atoms with Gasteiger partial charge < -0.3 is 15.2 Å². The number of anilines is 1. The topological polar surface area (TPSA) is 74.4 Å². The second kappa shape index (κ2) is 6.17. The Kier molecular flexibility index (Phi) is 4.32. The third-order valence-electron chi connectivity index (χ3n) is 2.49. The van der Waals surface area contributed by atoms with Gasteiger partial charge in [-0.25, -0.2) is 14.2 Å². The zero-order chi connectivity index (χ0) is 15.4. The fourth-order valence-corrected chi connectivity index (χ4v) is 1.57. The number of pyridine rings is 1. The fraction of sp³-hybridized carbons (Fsp3) is 0.143. The molecule has 2 rings (SSSR count).